The second kappa shape index (κ2) is 18.8. The first-order chi connectivity index (χ1) is 11.8. The van der Waals surface area contributed by atoms with Crippen LogP contribution in [0.4, 0.5) is 0 Å². The van der Waals surface area contributed by atoms with E-state index in [1.165, 1.54) is 89.9 Å². The molecule has 0 aliphatic carbocycles. The highest BCUT2D eigenvalue weighted by Gasteiger charge is 2.10. The van der Waals surface area contributed by atoms with Crippen molar-refractivity contribution in [2.45, 2.75) is 124 Å². The normalized spacial score (nSPS) is 11.0. The number of rotatable bonds is 18. The largest absolute Gasteiger partial charge is 0.343 e. The molecule has 0 spiro atoms. The smallest absolute Gasteiger partial charge is 0.222 e. The Labute approximate surface area is 152 Å². The molecular formula is C22H45NO. The third-order valence-electron chi connectivity index (χ3n) is 5.01. The molecule has 0 N–H and O–H groups in total. The van der Waals surface area contributed by atoms with Crippen molar-refractivity contribution in [2.75, 3.05) is 13.1 Å². The van der Waals surface area contributed by atoms with Gasteiger partial charge >= 0.3 is 0 Å². The van der Waals surface area contributed by atoms with E-state index in [4.69, 9.17) is 0 Å². The van der Waals surface area contributed by atoms with Crippen LogP contribution in [-0.4, -0.2) is 23.9 Å². The summed E-state index contributed by atoms with van der Waals surface area (Å²) in [5.41, 5.74) is 0. The summed E-state index contributed by atoms with van der Waals surface area (Å²) in [5.74, 6) is 0.369. The van der Waals surface area contributed by atoms with Crippen LogP contribution in [0.15, 0.2) is 0 Å². The van der Waals surface area contributed by atoms with Gasteiger partial charge in [0, 0.05) is 19.5 Å². The molecule has 144 valence electrons. The molecule has 0 aliphatic rings. The van der Waals surface area contributed by atoms with Crippen molar-refractivity contribution in [3.8, 4) is 0 Å². The van der Waals surface area contributed by atoms with Gasteiger partial charge in [0.2, 0.25) is 5.91 Å². The lowest BCUT2D eigenvalue weighted by Crippen LogP contribution is -2.31. The average Bonchev–Trinajstić information content (AvgIpc) is 2.59. The fourth-order valence-corrected chi connectivity index (χ4v) is 3.29. The zero-order valence-electron chi connectivity index (χ0n) is 17.1. The quantitative estimate of drug-likeness (QED) is 0.243. The van der Waals surface area contributed by atoms with E-state index in [1.807, 2.05) is 0 Å². The van der Waals surface area contributed by atoms with Crippen LogP contribution >= 0.6 is 0 Å². The molecule has 0 saturated carbocycles. The van der Waals surface area contributed by atoms with E-state index in [2.05, 4.69) is 25.7 Å². The third-order valence-corrected chi connectivity index (χ3v) is 5.01. The van der Waals surface area contributed by atoms with Crippen LogP contribution < -0.4 is 0 Å². The van der Waals surface area contributed by atoms with Crippen LogP contribution in [0.1, 0.15) is 124 Å². The van der Waals surface area contributed by atoms with E-state index in [1.54, 1.807) is 0 Å². The number of nitrogens with zero attached hydrogens (tertiary/aromatic N) is 1. The summed E-state index contributed by atoms with van der Waals surface area (Å²) in [6, 6.07) is 0. The Morgan fingerprint density at radius 1 is 0.583 bits per heavy atom. The molecule has 0 rings (SSSR count). The minimum Gasteiger partial charge on any atom is -0.343 e. The summed E-state index contributed by atoms with van der Waals surface area (Å²) < 4.78 is 0. The van der Waals surface area contributed by atoms with E-state index in [9.17, 15) is 4.79 Å². The first kappa shape index (κ1) is 23.5. The number of amides is 1. The molecule has 0 aromatic heterocycles. The van der Waals surface area contributed by atoms with Crippen LogP contribution in [0.2, 0.25) is 0 Å². The first-order valence-electron chi connectivity index (χ1n) is 11.0. The van der Waals surface area contributed by atoms with Crippen molar-refractivity contribution in [3.63, 3.8) is 0 Å². The topological polar surface area (TPSA) is 20.3 Å². The molecule has 0 aromatic rings. The molecule has 0 fully saturated rings. The van der Waals surface area contributed by atoms with Crippen molar-refractivity contribution in [1.82, 2.24) is 4.90 Å². The molecule has 0 atom stereocenters. The summed E-state index contributed by atoms with van der Waals surface area (Å²) in [6.45, 7) is 8.43. The average molecular weight is 340 g/mol. The van der Waals surface area contributed by atoms with E-state index >= 15 is 0 Å². The predicted octanol–water partition coefficient (Wildman–Crippen LogP) is 7.12. The van der Waals surface area contributed by atoms with Gasteiger partial charge < -0.3 is 4.90 Å². The number of hydrogen-bond acceptors (Lipinski definition) is 1. The summed E-state index contributed by atoms with van der Waals surface area (Å²) in [4.78, 5) is 14.2. The van der Waals surface area contributed by atoms with Gasteiger partial charge in [0.05, 0.1) is 0 Å². The third kappa shape index (κ3) is 15.0. The van der Waals surface area contributed by atoms with Crippen molar-refractivity contribution >= 4 is 5.91 Å². The van der Waals surface area contributed by atoms with Crippen LogP contribution in [0.25, 0.3) is 0 Å². The SMILES string of the molecule is CCCCCCCCCCCCCCN(CC)C(=O)CCCCC. The van der Waals surface area contributed by atoms with Gasteiger partial charge in [-0.1, -0.05) is 97.3 Å². The Morgan fingerprint density at radius 2 is 1.00 bits per heavy atom. The molecule has 0 saturated heterocycles. The van der Waals surface area contributed by atoms with Gasteiger partial charge in [-0.05, 0) is 19.8 Å². The highest BCUT2D eigenvalue weighted by atomic mass is 16.2. The molecule has 2 heteroatoms. The van der Waals surface area contributed by atoms with Crippen molar-refractivity contribution in [3.05, 3.63) is 0 Å². The predicted molar refractivity (Wildman–Crippen MR) is 107 cm³/mol. The summed E-state index contributed by atoms with van der Waals surface area (Å²) in [7, 11) is 0. The van der Waals surface area contributed by atoms with Crippen LogP contribution in [-0.2, 0) is 4.79 Å². The molecule has 1 amide bonds. The van der Waals surface area contributed by atoms with E-state index in [-0.39, 0.29) is 0 Å². The van der Waals surface area contributed by atoms with Gasteiger partial charge in [-0.15, -0.1) is 0 Å². The Balaban J connectivity index is 3.39. The van der Waals surface area contributed by atoms with Crippen molar-refractivity contribution < 1.29 is 4.79 Å². The second-order valence-corrected chi connectivity index (χ2v) is 7.32. The Hall–Kier alpha value is -0.530. The molecule has 0 bridgehead atoms. The van der Waals surface area contributed by atoms with Gasteiger partial charge in [0.1, 0.15) is 0 Å². The summed E-state index contributed by atoms with van der Waals surface area (Å²) in [6.07, 6.45) is 20.7. The second-order valence-electron chi connectivity index (χ2n) is 7.32. The summed E-state index contributed by atoms with van der Waals surface area (Å²) >= 11 is 0. The highest BCUT2D eigenvalue weighted by molar-refractivity contribution is 5.76. The molecule has 24 heavy (non-hydrogen) atoms. The summed E-state index contributed by atoms with van der Waals surface area (Å²) in [5, 5.41) is 0. The fraction of sp³-hybridized carbons (Fsp3) is 0.955. The Morgan fingerprint density at radius 3 is 1.46 bits per heavy atom. The van der Waals surface area contributed by atoms with Gasteiger partial charge in [-0.3, -0.25) is 4.79 Å². The minimum absolute atomic E-state index is 0.369. The molecule has 0 heterocycles. The molecular weight excluding hydrogens is 294 g/mol. The lowest BCUT2D eigenvalue weighted by atomic mass is 10.1. The molecule has 0 aliphatic heterocycles. The minimum atomic E-state index is 0.369. The van der Waals surface area contributed by atoms with Gasteiger partial charge in [-0.2, -0.15) is 0 Å². The molecule has 0 unspecified atom stereocenters. The van der Waals surface area contributed by atoms with Gasteiger partial charge in [0.25, 0.3) is 0 Å². The number of unbranched alkanes of at least 4 members (excludes halogenated alkanes) is 13. The number of hydrogen-bond donors (Lipinski definition) is 0. The van der Waals surface area contributed by atoms with Crippen LogP contribution in [0.5, 0.6) is 0 Å². The first-order valence-corrected chi connectivity index (χ1v) is 11.0. The maximum absolute atomic E-state index is 12.1. The lowest BCUT2D eigenvalue weighted by molar-refractivity contribution is -0.131. The molecule has 0 radical (unpaired) electrons. The fourth-order valence-electron chi connectivity index (χ4n) is 3.29. The van der Waals surface area contributed by atoms with Gasteiger partial charge in [-0.25, -0.2) is 0 Å². The Kier molecular flexibility index (Phi) is 18.4. The zero-order valence-corrected chi connectivity index (χ0v) is 17.1. The molecule has 2 nitrogen and oxygen atoms in total. The van der Waals surface area contributed by atoms with Gasteiger partial charge in [0.15, 0.2) is 0 Å². The van der Waals surface area contributed by atoms with Crippen molar-refractivity contribution in [2.24, 2.45) is 0 Å². The highest BCUT2D eigenvalue weighted by Crippen LogP contribution is 2.12. The number of carbonyl (C=O) groups is 1. The standard InChI is InChI=1S/C22H45NO/c1-4-7-9-10-11-12-13-14-15-16-17-19-21-23(6-3)22(24)20-18-8-5-2/h4-21H2,1-3H3. The number of carbonyl (C=O) groups excluding carboxylic acids is 1. The Bertz CT molecular complexity index is 265. The van der Waals surface area contributed by atoms with E-state index in [0.29, 0.717) is 5.91 Å². The van der Waals surface area contributed by atoms with E-state index in [0.717, 1.165) is 25.9 Å². The van der Waals surface area contributed by atoms with Crippen molar-refractivity contribution in [1.29, 1.82) is 0 Å². The zero-order chi connectivity index (χ0) is 17.9. The monoisotopic (exact) mass is 339 g/mol. The molecule has 0 aromatic carbocycles. The lowest BCUT2D eigenvalue weighted by Gasteiger charge is -2.20. The maximum atomic E-state index is 12.1. The maximum Gasteiger partial charge on any atom is 0.222 e. The van der Waals surface area contributed by atoms with Crippen LogP contribution in [0, 0.1) is 0 Å². The van der Waals surface area contributed by atoms with Crippen LogP contribution in [0.3, 0.4) is 0 Å². The van der Waals surface area contributed by atoms with E-state index < -0.39 is 0 Å².